The molecule has 3 nitrogen and oxygen atoms in total. The van der Waals surface area contributed by atoms with Gasteiger partial charge in [0, 0.05) is 5.56 Å². The minimum atomic E-state index is 0.427. The molecule has 0 N–H and O–H groups in total. The molecule has 0 heterocycles. The first-order chi connectivity index (χ1) is 9.29. The van der Waals surface area contributed by atoms with E-state index in [0.29, 0.717) is 12.2 Å². The predicted molar refractivity (Wildman–Crippen MR) is 73.7 cm³/mol. The fourth-order valence-corrected chi connectivity index (χ4v) is 1.58. The summed E-state index contributed by atoms with van der Waals surface area (Å²) in [6.07, 6.45) is 2.78. The van der Waals surface area contributed by atoms with E-state index in [2.05, 4.69) is 17.4 Å². The Labute approximate surface area is 112 Å². The van der Waals surface area contributed by atoms with Gasteiger partial charge in [-0.3, -0.25) is 0 Å². The van der Waals surface area contributed by atoms with Crippen molar-refractivity contribution >= 4 is 6.21 Å². The lowest BCUT2D eigenvalue weighted by Crippen LogP contribution is -1.91. The molecule has 0 aliphatic heterocycles. The molecule has 0 spiro atoms. The van der Waals surface area contributed by atoms with Crippen molar-refractivity contribution in [3.8, 4) is 6.07 Å². The maximum Gasteiger partial charge on any atom is 0.142 e. The Morgan fingerprint density at radius 2 is 1.74 bits per heavy atom. The molecule has 1 radical (unpaired) electrons. The summed E-state index contributed by atoms with van der Waals surface area (Å²) in [5.41, 5.74) is 3.68. The highest BCUT2D eigenvalue weighted by atomic mass is 16.6. The number of nitrogens with zero attached hydrogens (tertiary/aromatic N) is 2. The third-order valence-corrected chi connectivity index (χ3v) is 2.73. The lowest BCUT2D eigenvalue weighted by atomic mass is 10.1. The lowest BCUT2D eigenvalue weighted by molar-refractivity contribution is 0.131. The molecule has 0 saturated heterocycles. The Hall–Kier alpha value is -2.60. The SMILES string of the molecule is Cc1ccccc1CO/N=[C]\c1ccc(C#N)cc1. The van der Waals surface area contributed by atoms with Crippen molar-refractivity contribution in [2.24, 2.45) is 5.16 Å². The maximum atomic E-state index is 8.68. The lowest BCUT2D eigenvalue weighted by Gasteiger charge is -2.02. The molecule has 0 unspecified atom stereocenters. The molecule has 0 bridgehead atoms. The van der Waals surface area contributed by atoms with Crippen LogP contribution in [-0.2, 0) is 11.4 Å². The zero-order chi connectivity index (χ0) is 13.5. The molecule has 2 aromatic rings. The zero-order valence-corrected chi connectivity index (χ0v) is 10.6. The zero-order valence-electron chi connectivity index (χ0n) is 10.6. The van der Waals surface area contributed by atoms with Gasteiger partial charge < -0.3 is 4.84 Å². The van der Waals surface area contributed by atoms with Gasteiger partial charge in [0.05, 0.1) is 11.6 Å². The normalized spacial score (nSPS) is 10.3. The van der Waals surface area contributed by atoms with Crippen LogP contribution in [0.25, 0.3) is 0 Å². The van der Waals surface area contributed by atoms with Crippen molar-refractivity contribution in [1.82, 2.24) is 0 Å². The van der Waals surface area contributed by atoms with Crippen LogP contribution in [0.4, 0.5) is 0 Å². The molecular formula is C16H13N2O. The molecule has 3 heteroatoms. The summed E-state index contributed by atoms with van der Waals surface area (Å²) in [5.74, 6) is 0. The Bertz CT molecular complexity index is 609. The second-order valence-electron chi connectivity index (χ2n) is 4.09. The van der Waals surface area contributed by atoms with E-state index in [4.69, 9.17) is 10.1 Å². The summed E-state index contributed by atoms with van der Waals surface area (Å²) in [6, 6.07) is 17.1. The van der Waals surface area contributed by atoms with Gasteiger partial charge in [0.2, 0.25) is 0 Å². The Morgan fingerprint density at radius 1 is 1.05 bits per heavy atom. The Morgan fingerprint density at radius 3 is 2.42 bits per heavy atom. The fraction of sp³-hybridized carbons (Fsp3) is 0.125. The van der Waals surface area contributed by atoms with Gasteiger partial charge in [-0.15, -0.1) is 0 Å². The highest BCUT2D eigenvalue weighted by Crippen LogP contribution is 2.08. The van der Waals surface area contributed by atoms with Crippen LogP contribution in [-0.4, -0.2) is 6.21 Å². The molecule has 2 aromatic carbocycles. The van der Waals surface area contributed by atoms with E-state index in [1.807, 2.05) is 31.2 Å². The predicted octanol–water partition coefficient (Wildman–Crippen LogP) is 3.29. The second kappa shape index (κ2) is 6.36. The smallest absolute Gasteiger partial charge is 0.142 e. The molecule has 0 atom stereocenters. The van der Waals surface area contributed by atoms with Crippen LogP contribution in [0, 0.1) is 18.3 Å². The molecule has 0 amide bonds. The highest BCUT2D eigenvalue weighted by Gasteiger charge is 1.96. The average Bonchev–Trinajstić information content (AvgIpc) is 2.46. The molecule has 0 saturated carbocycles. The molecule has 2 rings (SSSR count). The summed E-state index contributed by atoms with van der Waals surface area (Å²) in [5, 5.41) is 12.5. The number of hydrogen-bond acceptors (Lipinski definition) is 3. The fourth-order valence-electron chi connectivity index (χ4n) is 1.58. The van der Waals surface area contributed by atoms with Crippen LogP contribution >= 0.6 is 0 Å². The number of benzene rings is 2. The Kier molecular flexibility index (Phi) is 4.30. The topological polar surface area (TPSA) is 45.4 Å². The maximum absolute atomic E-state index is 8.68. The van der Waals surface area contributed by atoms with E-state index < -0.39 is 0 Å². The van der Waals surface area contributed by atoms with Crippen molar-refractivity contribution in [2.45, 2.75) is 13.5 Å². The van der Waals surface area contributed by atoms with Crippen molar-refractivity contribution in [3.05, 3.63) is 70.8 Å². The van der Waals surface area contributed by atoms with Gasteiger partial charge >= 0.3 is 0 Å². The molecular weight excluding hydrogens is 236 g/mol. The quantitative estimate of drug-likeness (QED) is 0.616. The number of rotatable bonds is 4. The average molecular weight is 249 g/mol. The van der Waals surface area contributed by atoms with Crippen LogP contribution in [0.5, 0.6) is 0 Å². The third kappa shape index (κ3) is 3.68. The van der Waals surface area contributed by atoms with Crippen LogP contribution < -0.4 is 0 Å². The van der Waals surface area contributed by atoms with E-state index in [0.717, 1.165) is 11.1 Å². The van der Waals surface area contributed by atoms with E-state index in [1.54, 1.807) is 24.3 Å². The van der Waals surface area contributed by atoms with Crippen LogP contribution in [0.3, 0.4) is 0 Å². The van der Waals surface area contributed by atoms with Crippen LogP contribution in [0.15, 0.2) is 53.7 Å². The van der Waals surface area contributed by atoms with Crippen LogP contribution in [0.1, 0.15) is 22.3 Å². The van der Waals surface area contributed by atoms with Crippen LogP contribution in [0.2, 0.25) is 0 Å². The van der Waals surface area contributed by atoms with Gasteiger partial charge in [-0.05, 0) is 30.2 Å². The standard InChI is InChI=1S/C16H13N2O/c1-13-4-2-3-5-16(13)12-19-18-11-15-8-6-14(10-17)7-9-15/h2-9H,12H2,1H3. The largest absolute Gasteiger partial charge is 0.390 e. The monoisotopic (exact) mass is 249 g/mol. The number of nitriles is 1. The number of aryl methyl sites for hydroxylation is 1. The number of hydrogen-bond donors (Lipinski definition) is 0. The molecule has 0 aliphatic rings. The summed E-state index contributed by atoms with van der Waals surface area (Å²) < 4.78 is 0. The van der Waals surface area contributed by atoms with E-state index in [1.165, 1.54) is 5.56 Å². The Balaban J connectivity index is 1.90. The van der Waals surface area contributed by atoms with Crippen molar-refractivity contribution in [1.29, 1.82) is 5.26 Å². The van der Waals surface area contributed by atoms with Gasteiger partial charge in [0.15, 0.2) is 0 Å². The summed E-state index contributed by atoms with van der Waals surface area (Å²) >= 11 is 0. The van der Waals surface area contributed by atoms with Gasteiger partial charge in [-0.25, -0.2) is 0 Å². The van der Waals surface area contributed by atoms with Gasteiger partial charge in [-0.2, -0.15) is 5.26 Å². The summed E-state index contributed by atoms with van der Waals surface area (Å²) in [7, 11) is 0. The summed E-state index contributed by atoms with van der Waals surface area (Å²) in [4.78, 5) is 5.21. The first kappa shape index (κ1) is 12.8. The molecule has 0 aliphatic carbocycles. The van der Waals surface area contributed by atoms with Crippen molar-refractivity contribution < 1.29 is 4.84 Å². The van der Waals surface area contributed by atoms with Gasteiger partial charge in [0.1, 0.15) is 12.8 Å². The van der Waals surface area contributed by atoms with E-state index in [9.17, 15) is 0 Å². The first-order valence-corrected chi connectivity index (χ1v) is 5.92. The molecule has 0 fully saturated rings. The molecule has 93 valence electrons. The second-order valence-corrected chi connectivity index (χ2v) is 4.09. The minimum absolute atomic E-state index is 0.427. The van der Waals surface area contributed by atoms with E-state index in [-0.39, 0.29) is 0 Å². The highest BCUT2D eigenvalue weighted by molar-refractivity contribution is 5.79. The van der Waals surface area contributed by atoms with Gasteiger partial charge in [-0.1, -0.05) is 41.6 Å². The first-order valence-electron chi connectivity index (χ1n) is 5.92. The third-order valence-electron chi connectivity index (χ3n) is 2.73. The van der Waals surface area contributed by atoms with Crippen molar-refractivity contribution in [2.75, 3.05) is 0 Å². The summed E-state index contributed by atoms with van der Waals surface area (Å²) in [6.45, 7) is 2.46. The molecule has 19 heavy (non-hydrogen) atoms. The minimum Gasteiger partial charge on any atom is -0.390 e. The van der Waals surface area contributed by atoms with Crippen molar-refractivity contribution in [3.63, 3.8) is 0 Å². The van der Waals surface area contributed by atoms with Gasteiger partial charge in [0.25, 0.3) is 0 Å². The van der Waals surface area contributed by atoms with E-state index >= 15 is 0 Å². The molecule has 0 aromatic heterocycles.